The van der Waals surface area contributed by atoms with Crippen molar-refractivity contribution in [2.45, 2.75) is 64.6 Å². The zero-order chi connectivity index (χ0) is 15.7. The molecule has 0 saturated carbocycles. The average Bonchev–Trinajstić information content (AvgIpc) is 2.30. The molecule has 1 fully saturated rings. The lowest BCUT2D eigenvalue weighted by Gasteiger charge is -2.46. The molecular formula is C15H27N5O. The first-order chi connectivity index (χ1) is 9.72. The second-order valence-electron chi connectivity index (χ2n) is 7.02. The minimum atomic E-state index is 0.0734. The Labute approximate surface area is 126 Å². The van der Waals surface area contributed by atoms with Gasteiger partial charge in [-0.15, -0.1) is 0 Å². The highest BCUT2D eigenvalue weighted by Crippen LogP contribution is 2.32. The minimum Gasteiger partial charge on any atom is -0.476 e. The molecule has 0 atom stereocenters. The van der Waals surface area contributed by atoms with Crippen LogP contribution in [0, 0.1) is 0 Å². The summed E-state index contributed by atoms with van der Waals surface area (Å²) in [5.41, 5.74) is 6.72. The van der Waals surface area contributed by atoms with Gasteiger partial charge >= 0.3 is 0 Å². The van der Waals surface area contributed by atoms with E-state index in [1.807, 2.05) is 6.92 Å². The fourth-order valence-electron chi connectivity index (χ4n) is 3.36. The monoisotopic (exact) mass is 293 g/mol. The molecule has 0 aromatic carbocycles. The number of piperidine rings is 1. The quantitative estimate of drug-likeness (QED) is 0.789. The van der Waals surface area contributed by atoms with Crippen LogP contribution in [0.4, 0.5) is 11.5 Å². The summed E-state index contributed by atoms with van der Waals surface area (Å²) in [5, 5.41) is 7.13. The summed E-state index contributed by atoms with van der Waals surface area (Å²) in [7, 11) is 0. The number of nitrogens with one attached hydrogen (secondary N) is 2. The summed E-state index contributed by atoms with van der Waals surface area (Å²) in [6.07, 6.45) is 3.49. The van der Waals surface area contributed by atoms with Crippen molar-refractivity contribution in [2.24, 2.45) is 0 Å². The van der Waals surface area contributed by atoms with E-state index in [0.717, 1.165) is 12.8 Å². The van der Waals surface area contributed by atoms with Gasteiger partial charge < -0.3 is 21.1 Å². The summed E-state index contributed by atoms with van der Waals surface area (Å²) in [6.45, 7) is 11.3. The molecule has 1 aromatic heterocycles. The number of anilines is 2. The lowest BCUT2D eigenvalue weighted by atomic mass is 9.79. The van der Waals surface area contributed by atoms with Crippen molar-refractivity contribution in [3.8, 4) is 5.88 Å². The van der Waals surface area contributed by atoms with E-state index < -0.39 is 0 Å². The molecule has 6 nitrogen and oxygen atoms in total. The molecule has 0 unspecified atom stereocenters. The molecule has 0 amide bonds. The van der Waals surface area contributed by atoms with E-state index in [0.29, 0.717) is 30.0 Å². The van der Waals surface area contributed by atoms with Crippen molar-refractivity contribution in [1.82, 2.24) is 15.3 Å². The largest absolute Gasteiger partial charge is 0.476 e. The second kappa shape index (κ2) is 5.67. The number of aromatic nitrogens is 2. The third kappa shape index (κ3) is 3.97. The topological polar surface area (TPSA) is 85.1 Å². The van der Waals surface area contributed by atoms with Crippen molar-refractivity contribution in [3.63, 3.8) is 0 Å². The first-order valence-electron chi connectivity index (χ1n) is 7.51. The average molecular weight is 293 g/mol. The van der Waals surface area contributed by atoms with Crippen LogP contribution in [-0.2, 0) is 0 Å². The van der Waals surface area contributed by atoms with Gasteiger partial charge in [-0.1, -0.05) is 0 Å². The molecule has 0 aliphatic carbocycles. The predicted molar refractivity (Wildman–Crippen MR) is 85.6 cm³/mol. The highest BCUT2D eigenvalue weighted by molar-refractivity contribution is 5.66. The molecule has 4 N–H and O–H groups in total. The van der Waals surface area contributed by atoms with Gasteiger partial charge in [0.25, 0.3) is 0 Å². The number of nitrogen functional groups attached to an aromatic ring is 1. The second-order valence-corrected chi connectivity index (χ2v) is 7.02. The number of nitrogens with zero attached hydrogens (tertiary/aromatic N) is 2. The molecule has 6 heteroatoms. The number of ether oxygens (including phenoxy) is 1. The molecule has 2 rings (SSSR count). The lowest BCUT2D eigenvalue weighted by molar-refractivity contribution is 0.170. The molecular weight excluding hydrogens is 266 g/mol. The van der Waals surface area contributed by atoms with Gasteiger partial charge in [0.15, 0.2) is 5.82 Å². The van der Waals surface area contributed by atoms with Crippen molar-refractivity contribution >= 4 is 11.5 Å². The lowest BCUT2D eigenvalue weighted by Crippen LogP contribution is -2.60. The molecule has 1 saturated heterocycles. The summed E-state index contributed by atoms with van der Waals surface area (Å²) in [6, 6.07) is 0.308. The van der Waals surface area contributed by atoms with Crippen LogP contribution >= 0.6 is 0 Å². The normalized spacial score (nSPS) is 21.0. The van der Waals surface area contributed by atoms with E-state index >= 15 is 0 Å². The molecule has 0 bridgehead atoms. The van der Waals surface area contributed by atoms with E-state index in [1.54, 1.807) is 0 Å². The summed E-state index contributed by atoms with van der Waals surface area (Å²) >= 11 is 0. The molecule has 21 heavy (non-hydrogen) atoms. The Kier molecular flexibility index (Phi) is 4.27. The summed E-state index contributed by atoms with van der Waals surface area (Å²) in [4.78, 5) is 8.33. The maximum absolute atomic E-state index is 6.09. The van der Waals surface area contributed by atoms with Crippen LogP contribution in [0.2, 0.25) is 0 Å². The van der Waals surface area contributed by atoms with Gasteiger partial charge in [0, 0.05) is 17.1 Å². The Morgan fingerprint density at radius 3 is 2.48 bits per heavy atom. The van der Waals surface area contributed by atoms with Gasteiger partial charge in [-0.05, 0) is 47.5 Å². The van der Waals surface area contributed by atoms with Crippen LogP contribution in [0.5, 0.6) is 5.88 Å². The van der Waals surface area contributed by atoms with Gasteiger partial charge in [-0.3, -0.25) is 0 Å². The first-order valence-corrected chi connectivity index (χ1v) is 7.51. The maximum atomic E-state index is 6.09. The van der Waals surface area contributed by atoms with Crippen LogP contribution in [0.3, 0.4) is 0 Å². The predicted octanol–water partition coefficient (Wildman–Crippen LogP) is 2.18. The Balaban J connectivity index is 2.16. The van der Waals surface area contributed by atoms with Crippen molar-refractivity contribution in [1.29, 1.82) is 0 Å². The van der Waals surface area contributed by atoms with Crippen molar-refractivity contribution in [2.75, 3.05) is 17.7 Å². The van der Waals surface area contributed by atoms with E-state index in [2.05, 4.69) is 48.3 Å². The SMILES string of the molecule is CCOc1ncnc(NC2CC(C)(C)NC(C)(C)C2)c1N. The third-order valence-corrected chi connectivity index (χ3v) is 3.66. The number of hydrogen-bond donors (Lipinski definition) is 3. The zero-order valence-corrected chi connectivity index (χ0v) is 13.7. The van der Waals surface area contributed by atoms with Crippen LogP contribution < -0.4 is 21.1 Å². The van der Waals surface area contributed by atoms with E-state index in [1.165, 1.54) is 6.33 Å². The molecule has 1 aliphatic rings. The highest BCUT2D eigenvalue weighted by Gasteiger charge is 2.37. The molecule has 118 valence electrons. The molecule has 0 radical (unpaired) electrons. The third-order valence-electron chi connectivity index (χ3n) is 3.66. The number of nitrogens with two attached hydrogens (primary N) is 1. The first kappa shape index (κ1) is 15.8. The standard InChI is InChI=1S/C15H27N5O/c1-6-21-13-11(16)12(17-9-18-13)19-10-7-14(2,3)20-15(4,5)8-10/h9-10,20H,6-8,16H2,1-5H3,(H,17,18,19). The van der Waals surface area contributed by atoms with Gasteiger partial charge in [0.1, 0.15) is 12.0 Å². The van der Waals surface area contributed by atoms with E-state index in [-0.39, 0.29) is 11.1 Å². The van der Waals surface area contributed by atoms with Gasteiger partial charge in [0.2, 0.25) is 5.88 Å². The minimum absolute atomic E-state index is 0.0734. The molecule has 1 aliphatic heterocycles. The highest BCUT2D eigenvalue weighted by atomic mass is 16.5. The van der Waals surface area contributed by atoms with Crippen LogP contribution in [0.15, 0.2) is 6.33 Å². The maximum Gasteiger partial charge on any atom is 0.242 e. The smallest absolute Gasteiger partial charge is 0.242 e. The fraction of sp³-hybridized carbons (Fsp3) is 0.733. The molecule has 2 heterocycles. The van der Waals surface area contributed by atoms with Crippen LogP contribution in [-0.4, -0.2) is 33.7 Å². The van der Waals surface area contributed by atoms with Crippen molar-refractivity contribution in [3.05, 3.63) is 6.33 Å². The Morgan fingerprint density at radius 2 is 1.90 bits per heavy atom. The fourth-order valence-corrected chi connectivity index (χ4v) is 3.36. The van der Waals surface area contributed by atoms with Gasteiger partial charge in [-0.2, -0.15) is 4.98 Å². The van der Waals surface area contributed by atoms with Crippen molar-refractivity contribution < 1.29 is 4.74 Å². The van der Waals surface area contributed by atoms with Crippen LogP contribution in [0.1, 0.15) is 47.5 Å². The Hall–Kier alpha value is -1.56. The number of rotatable bonds is 4. The van der Waals surface area contributed by atoms with Crippen LogP contribution in [0.25, 0.3) is 0 Å². The Bertz CT molecular complexity index is 485. The van der Waals surface area contributed by atoms with Gasteiger partial charge in [0.05, 0.1) is 6.61 Å². The number of hydrogen-bond acceptors (Lipinski definition) is 6. The molecule has 0 spiro atoms. The zero-order valence-electron chi connectivity index (χ0n) is 13.7. The molecule has 1 aromatic rings. The summed E-state index contributed by atoms with van der Waals surface area (Å²) in [5.74, 6) is 1.11. The van der Waals surface area contributed by atoms with Gasteiger partial charge in [-0.25, -0.2) is 4.98 Å². The van der Waals surface area contributed by atoms with E-state index in [4.69, 9.17) is 10.5 Å². The Morgan fingerprint density at radius 1 is 1.29 bits per heavy atom. The summed E-state index contributed by atoms with van der Waals surface area (Å²) < 4.78 is 5.42. The van der Waals surface area contributed by atoms with E-state index in [9.17, 15) is 0 Å².